The quantitative estimate of drug-likeness (QED) is 0.572. The molecule has 1 rings (SSSR count). The van der Waals surface area contributed by atoms with Crippen LogP contribution in [-0.2, 0) is 0 Å². The minimum absolute atomic E-state index is 0.345. The minimum Gasteiger partial charge on any atom is -0.400 e. The number of hydrogen-bond acceptors (Lipinski definition) is 3. The van der Waals surface area contributed by atoms with Crippen LogP contribution in [0.25, 0.3) is 0 Å². The first-order chi connectivity index (χ1) is 5.20. The van der Waals surface area contributed by atoms with Crippen molar-refractivity contribution in [2.75, 3.05) is 6.54 Å². The molecule has 0 bridgehead atoms. The van der Waals surface area contributed by atoms with Gasteiger partial charge in [-0.1, -0.05) is 0 Å². The van der Waals surface area contributed by atoms with Crippen molar-refractivity contribution in [3.05, 3.63) is 11.4 Å². The highest BCUT2D eigenvalue weighted by Crippen LogP contribution is 2.04. The number of rotatable bonds is 2. The van der Waals surface area contributed by atoms with Gasteiger partial charge in [-0.15, -0.1) is 0 Å². The average Bonchev–Trinajstić information content (AvgIpc) is 2.31. The van der Waals surface area contributed by atoms with E-state index in [0.29, 0.717) is 6.04 Å². The third-order valence-corrected chi connectivity index (χ3v) is 1.56. The third kappa shape index (κ3) is 2.26. The van der Waals surface area contributed by atoms with Gasteiger partial charge in [-0.05, 0) is 13.8 Å². The van der Waals surface area contributed by atoms with Crippen LogP contribution in [0.4, 0.5) is 0 Å². The lowest BCUT2D eigenvalue weighted by Crippen LogP contribution is -2.10. The van der Waals surface area contributed by atoms with Gasteiger partial charge in [0, 0.05) is 30.9 Å². The van der Waals surface area contributed by atoms with Gasteiger partial charge in [-0.3, -0.25) is 4.99 Å². The highest BCUT2D eigenvalue weighted by molar-refractivity contribution is 5.79. The number of nitrogens with zero attached hydrogens (tertiary/aromatic N) is 1. The molecule has 0 aliphatic carbocycles. The molecule has 62 valence electrons. The summed E-state index contributed by atoms with van der Waals surface area (Å²) in [5.41, 5.74) is 7.62. The topological polar surface area (TPSA) is 50.4 Å². The Balaban J connectivity index is 2.54. The molecule has 0 unspecified atom stereocenters. The fourth-order valence-corrected chi connectivity index (χ4v) is 0.932. The lowest BCUT2D eigenvalue weighted by Gasteiger charge is -1.98. The van der Waals surface area contributed by atoms with Crippen LogP contribution in [0.5, 0.6) is 0 Å². The van der Waals surface area contributed by atoms with Crippen molar-refractivity contribution >= 4 is 6.21 Å². The molecule has 3 nitrogen and oxygen atoms in total. The van der Waals surface area contributed by atoms with Crippen LogP contribution in [0, 0.1) is 0 Å². The maximum Gasteiger partial charge on any atom is 0.0713 e. The van der Waals surface area contributed by atoms with Crippen LogP contribution in [0.1, 0.15) is 20.3 Å². The second-order valence-electron chi connectivity index (χ2n) is 2.99. The van der Waals surface area contributed by atoms with E-state index in [4.69, 9.17) is 5.73 Å². The number of aliphatic imine (C=N–C) groups is 1. The Morgan fingerprint density at radius 1 is 1.64 bits per heavy atom. The van der Waals surface area contributed by atoms with Crippen LogP contribution < -0.4 is 11.1 Å². The van der Waals surface area contributed by atoms with Gasteiger partial charge in [0.1, 0.15) is 0 Å². The average molecular weight is 153 g/mol. The number of allylic oxidation sites excluding steroid dienone is 1. The lowest BCUT2D eigenvalue weighted by molar-refractivity contribution is 0.836. The van der Waals surface area contributed by atoms with Crippen molar-refractivity contribution < 1.29 is 0 Å². The Kier molecular flexibility index (Phi) is 2.52. The van der Waals surface area contributed by atoms with Crippen LogP contribution >= 0.6 is 0 Å². The van der Waals surface area contributed by atoms with Gasteiger partial charge in [0.15, 0.2) is 0 Å². The van der Waals surface area contributed by atoms with Gasteiger partial charge in [-0.2, -0.15) is 0 Å². The van der Waals surface area contributed by atoms with Gasteiger partial charge < -0.3 is 11.1 Å². The van der Waals surface area contributed by atoms with E-state index in [1.54, 1.807) is 0 Å². The Morgan fingerprint density at radius 3 is 2.82 bits per heavy atom. The predicted octanol–water partition coefficient (Wildman–Crippen LogP) is 0.629. The van der Waals surface area contributed by atoms with Crippen LogP contribution in [-0.4, -0.2) is 18.8 Å². The second kappa shape index (κ2) is 3.42. The summed E-state index contributed by atoms with van der Waals surface area (Å²) >= 11 is 0. The zero-order valence-electron chi connectivity index (χ0n) is 7.09. The first kappa shape index (κ1) is 8.11. The highest BCUT2D eigenvalue weighted by atomic mass is 15.0. The zero-order valence-corrected chi connectivity index (χ0v) is 7.09. The molecule has 3 heteroatoms. The summed E-state index contributed by atoms with van der Waals surface area (Å²) in [6.07, 6.45) is 2.77. The Bertz CT molecular complexity index is 192. The van der Waals surface area contributed by atoms with Gasteiger partial charge in [-0.25, -0.2) is 0 Å². The molecular formula is C8H15N3. The van der Waals surface area contributed by atoms with Crippen molar-refractivity contribution in [2.45, 2.75) is 26.3 Å². The molecule has 1 aliphatic heterocycles. The Morgan fingerprint density at radius 2 is 2.36 bits per heavy atom. The van der Waals surface area contributed by atoms with Gasteiger partial charge in [0.2, 0.25) is 0 Å². The van der Waals surface area contributed by atoms with Gasteiger partial charge in [0.25, 0.3) is 0 Å². The van der Waals surface area contributed by atoms with Crippen molar-refractivity contribution in [3.63, 3.8) is 0 Å². The summed E-state index contributed by atoms with van der Waals surface area (Å²) in [4.78, 5) is 4.23. The first-order valence-electron chi connectivity index (χ1n) is 3.96. The van der Waals surface area contributed by atoms with Crippen molar-refractivity contribution in [1.29, 1.82) is 0 Å². The van der Waals surface area contributed by atoms with Crippen molar-refractivity contribution in [1.82, 2.24) is 5.32 Å². The van der Waals surface area contributed by atoms with Crippen LogP contribution in [0.15, 0.2) is 16.4 Å². The third-order valence-electron chi connectivity index (χ3n) is 1.56. The molecule has 0 radical (unpaired) electrons. The smallest absolute Gasteiger partial charge is 0.0713 e. The zero-order chi connectivity index (χ0) is 8.27. The summed E-state index contributed by atoms with van der Waals surface area (Å²) in [5, 5.41) is 3.17. The summed E-state index contributed by atoms with van der Waals surface area (Å²) in [5.74, 6) is 0. The number of nitrogens with one attached hydrogen (secondary N) is 1. The molecular weight excluding hydrogens is 138 g/mol. The maximum atomic E-state index is 5.69. The van der Waals surface area contributed by atoms with Gasteiger partial charge in [0.05, 0.1) is 5.70 Å². The van der Waals surface area contributed by atoms with E-state index in [9.17, 15) is 0 Å². The Labute approximate surface area is 67.4 Å². The largest absolute Gasteiger partial charge is 0.400 e. The molecule has 1 aliphatic rings. The maximum absolute atomic E-state index is 5.69. The standard InChI is InChI=1S/C8H15N3/c1-6(2)11-5-8-7(9)3-4-10-8/h5-6,10H,3-4,9H2,1-2H3. The molecule has 0 saturated heterocycles. The first-order valence-corrected chi connectivity index (χ1v) is 3.96. The predicted molar refractivity (Wildman–Crippen MR) is 47.5 cm³/mol. The lowest BCUT2D eigenvalue weighted by atomic mass is 10.3. The van der Waals surface area contributed by atoms with E-state index < -0.39 is 0 Å². The molecule has 0 aromatic heterocycles. The van der Waals surface area contributed by atoms with E-state index in [1.165, 1.54) is 0 Å². The summed E-state index contributed by atoms with van der Waals surface area (Å²) in [6, 6.07) is 0.345. The number of hydrogen-bond donors (Lipinski definition) is 2. The van der Waals surface area contributed by atoms with Crippen LogP contribution in [0.2, 0.25) is 0 Å². The molecule has 0 aromatic carbocycles. The molecule has 1 heterocycles. The molecule has 0 aromatic rings. The van der Waals surface area contributed by atoms with Crippen molar-refractivity contribution in [3.8, 4) is 0 Å². The summed E-state index contributed by atoms with van der Waals surface area (Å²) in [6.45, 7) is 5.04. The molecule has 0 amide bonds. The molecule has 3 N–H and O–H groups in total. The van der Waals surface area contributed by atoms with E-state index in [0.717, 1.165) is 24.4 Å². The van der Waals surface area contributed by atoms with Crippen molar-refractivity contribution in [2.24, 2.45) is 10.7 Å². The fourth-order valence-electron chi connectivity index (χ4n) is 0.932. The SMILES string of the molecule is CC(C)N=CC1=C(N)CCN1. The fraction of sp³-hybridized carbons (Fsp3) is 0.625. The highest BCUT2D eigenvalue weighted by Gasteiger charge is 2.07. The summed E-state index contributed by atoms with van der Waals surface area (Å²) in [7, 11) is 0. The normalized spacial score (nSPS) is 18.5. The summed E-state index contributed by atoms with van der Waals surface area (Å²) < 4.78 is 0. The monoisotopic (exact) mass is 153 g/mol. The van der Waals surface area contributed by atoms with E-state index in [2.05, 4.69) is 10.3 Å². The number of nitrogens with two attached hydrogens (primary N) is 1. The van der Waals surface area contributed by atoms with Crippen LogP contribution in [0.3, 0.4) is 0 Å². The van der Waals surface area contributed by atoms with Gasteiger partial charge >= 0.3 is 0 Å². The molecule has 0 spiro atoms. The molecule has 0 fully saturated rings. The van der Waals surface area contributed by atoms with E-state index >= 15 is 0 Å². The van der Waals surface area contributed by atoms with E-state index in [1.807, 2.05) is 20.1 Å². The molecule has 11 heavy (non-hydrogen) atoms. The Hall–Kier alpha value is -0.990. The minimum atomic E-state index is 0.345. The van der Waals surface area contributed by atoms with E-state index in [-0.39, 0.29) is 0 Å². The molecule has 0 saturated carbocycles. The molecule has 0 atom stereocenters. The second-order valence-corrected chi connectivity index (χ2v) is 2.99.